The molecule has 1 aliphatic heterocycles. The molecule has 1 unspecified atom stereocenters. The van der Waals surface area contributed by atoms with E-state index in [0.29, 0.717) is 42.3 Å². The lowest BCUT2D eigenvalue weighted by Crippen LogP contribution is -2.35. The predicted molar refractivity (Wildman–Crippen MR) is 123 cm³/mol. The van der Waals surface area contributed by atoms with Gasteiger partial charge in [-0.25, -0.2) is 0 Å². The van der Waals surface area contributed by atoms with E-state index in [1.54, 1.807) is 42.5 Å². The average Bonchev–Trinajstić information content (AvgIpc) is 3.05. The van der Waals surface area contributed by atoms with E-state index in [-0.39, 0.29) is 11.3 Å². The van der Waals surface area contributed by atoms with Crippen molar-refractivity contribution >= 4 is 17.4 Å². The number of aliphatic hydroxyl groups is 1. The number of aliphatic hydroxyl groups excluding tert-OH is 1. The topological polar surface area (TPSA) is 79.3 Å². The lowest BCUT2D eigenvalue weighted by Gasteiger charge is -2.27. The molecule has 32 heavy (non-hydrogen) atoms. The van der Waals surface area contributed by atoms with Gasteiger partial charge in [0, 0.05) is 24.2 Å². The first-order valence-electron chi connectivity index (χ1n) is 10.3. The standard InChI is InChI=1S/C25H28N2O5/c1-5-16-32-18-12-10-17(11-13-18)23(28)21-22(19-8-6-7-9-20(19)31-4)27(15-14-26(2)3)25(30)24(21)29/h5-13,22,28H,1,14-16H2,2-4H3. The lowest BCUT2D eigenvalue weighted by molar-refractivity contribution is -0.140. The Hall–Kier alpha value is -3.58. The average molecular weight is 437 g/mol. The van der Waals surface area contributed by atoms with Crippen LogP contribution in [0.25, 0.3) is 5.76 Å². The molecule has 1 aliphatic rings. The second-order valence-electron chi connectivity index (χ2n) is 7.66. The van der Waals surface area contributed by atoms with Gasteiger partial charge in [0.25, 0.3) is 11.7 Å². The number of amides is 1. The maximum atomic E-state index is 13.1. The van der Waals surface area contributed by atoms with Crippen molar-refractivity contribution in [2.45, 2.75) is 6.04 Å². The van der Waals surface area contributed by atoms with E-state index in [1.807, 2.05) is 31.1 Å². The summed E-state index contributed by atoms with van der Waals surface area (Å²) in [5, 5.41) is 11.1. The van der Waals surface area contributed by atoms with Gasteiger partial charge in [0.1, 0.15) is 23.9 Å². The SMILES string of the molecule is C=CCOc1ccc(C(O)=C2C(=O)C(=O)N(CCN(C)C)C2c2ccccc2OC)cc1. The Kier molecular flexibility index (Phi) is 7.33. The summed E-state index contributed by atoms with van der Waals surface area (Å²) < 4.78 is 11.0. The summed E-state index contributed by atoms with van der Waals surface area (Å²) in [5.41, 5.74) is 1.10. The Labute approximate surface area is 188 Å². The first-order valence-corrected chi connectivity index (χ1v) is 10.3. The number of likely N-dealkylation sites (N-methyl/N-ethyl adjacent to an activating group) is 1. The van der Waals surface area contributed by atoms with Crippen LogP contribution in [0.1, 0.15) is 17.2 Å². The van der Waals surface area contributed by atoms with Crippen LogP contribution in [-0.4, -0.2) is 67.5 Å². The van der Waals surface area contributed by atoms with Gasteiger partial charge in [-0.1, -0.05) is 30.9 Å². The van der Waals surface area contributed by atoms with Crippen molar-refractivity contribution in [3.63, 3.8) is 0 Å². The molecule has 2 aromatic rings. The third-order valence-corrected chi connectivity index (χ3v) is 5.26. The number of methoxy groups -OCH3 is 1. The second-order valence-corrected chi connectivity index (χ2v) is 7.66. The van der Waals surface area contributed by atoms with Crippen molar-refractivity contribution in [1.82, 2.24) is 9.80 Å². The molecule has 0 spiro atoms. The smallest absolute Gasteiger partial charge is 0.295 e. The highest BCUT2D eigenvalue weighted by Gasteiger charge is 2.46. The van der Waals surface area contributed by atoms with E-state index >= 15 is 0 Å². The van der Waals surface area contributed by atoms with Crippen molar-refractivity contribution in [3.8, 4) is 11.5 Å². The Balaban J connectivity index is 2.10. The van der Waals surface area contributed by atoms with Gasteiger partial charge in [-0.3, -0.25) is 9.59 Å². The van der Waals surface area contributed by atoms with Gasteiger partial charge in [0.15, 0.2) is 0 Å². The minimum absolute atomic E-state index is 0.0398. The predicted octanol–water partition coefficient (Wildman–Crippen LogP) is 3.24. The van der Waals surface area contributed by atoms with Gasteiger partial charge in [0.05, 0.1) is 18.7 Å². The fourth-order valence-electron chi connectivity index (χ4n) is 3.65. The molecule has 0 bridgehead atoms. The van der Waals surface area contributed by atoms with Crippen LogP contribution in [-0.2, 0) is 9.59 Å². The van der Waals surface area contributed by atoms with Gasteiger partial charge in [0.2, 0.25) is 0 Å². The first kappa shape index (κ1) is 23.1. The van der Waals surface area contributed by atoms with E-state index < -0.39 is 17.7 Å². The fourth-order valence-corrected chi connectivity index (χ4v) is 3.65. The molecule has 1 heterocycles. The Bertz CT molecular complexity index is 1030. The highest BCUT2D eigenvalue weighted by Crippen LogP contribution is 2.42. The third kappa shape index (κ3) is 4.68. The van der Waals surface area contributed by atoms with Crippen LogP contribution in [0.4, 0.5) is 0 Å². The molecule has 168 valence electrons. The molecule has 0 saturated carbocycles. The molecule has 7 nitrogen and oxygen atoms in total. The number of ketones is 1. The largest absolute Gasteiger partial charge is 0.507 e. The summed E-state index contributed by atoms with van der Waals surface area (Å²) in [5.74, 6) is -0.455. The van der Waals surface area contributed by atoms with Crippen LogP contribution >= 0.6 is 0 Å². The van der Waals surface area contributed by atoms with Crippen LogP contribution in [0.15, 0.2) is 66.8 Å². The summed E-state index contributed by atoms with van der Waals surface area (Å²) in [6, 6.07) is 13.1. The van der Waals surface area contributed by atoms with E-state index in [4.69, 9.17) is 9.47 Å². The monoisotopic (exact) mass is 436 g/mol. The van der Waals surface area contributed by atoms with Crippen molar-refractivity contribution in [1.29, 1.82) is 0 Å². The van der Waals surface area contributed by atoms with Crippen molar-refractivity contribution < 1.29 is 24.2 Å². The summed E-state index contributed by atoms with van der Waals surface area (Å²) in [6.45, 7) is 4.86. The molecule has 1 N–H and O–H groups in total. The van der Waals surface area contributed by atoms with Gasteiger partial charge >= 0.3 is 0 Å². The van der Waals surface area contributed by atoms with Crippen LogP contribution in [0.3, 0.4) is 0 Å². The number of rotatable bonds is 9. The fraction of sp³-hybridized carbons (Fsp3) is 0.280. The molecule has 0 aliphatic carbocycles. The van der Waals surface area contributed by atoms with Gasteiger partial charge in [-0.2, -0.15) is 0 Å². The van der Waals surface area contributed by atoms with Crippen molar-refractivity contribution in [3.05, 3.63) is 77.9 Å². The zero-order chi connectivity index (χ0) is 23.3. The summed E-state index contributed by atoms with van der Waals surface area (Å²) in [6.07, 6.45) is 1.64. The van der Waals surface area contributed by atoms with Gasteiger partial charge < -0.3 is 24.4 Å². The summed E-state index contributed by atoms with van der Waals surface area (Å²) in [7, 11) is 5.32. The molecule has 2 aromatic carbocycles. The molecule has 0 radical (unpaired) electrons. The first-order chi connectivity index (χ1) is 15.4. The zero-order valence-electron chi connectivity index (χ0n) is 18.6. The number of nitrogens with zero attached hydrogens (tertiary/aromatic N) is 2. The van der Waals surface area contributed by atoms with Crippen LogP contribution < -0.4 is 9.47 Å². The number of carbonyl (C=O) groups is 2. The number of ether oxygens (including phenoxy) is 2. The number of hydrogen-bond donors (Lipinski definition) is 1. The van der Waals surface area contributed by atoms with Crippen molar-refractivity contribution in [2.75, 3.05) is 40.9 Å². The Morgan fingerprint density at radius 3 is 2.47 bits per heavy atom. The van der Waals surface area contributed by atoms with Crippen LogP contribution in [0.2, 0.25) is 0 Å². The highest BCUT2D eigenvalue weighted by molar-refractivity contribution is 6.46. The Morgan fingerprint density at radius 2 is 1.84 bits per heavy atom. The number of carbonyl (C=O) groups excluding carboxylic acids is 2. The Morgan fingerprint density at radius 1 is 1.16 bits per heavy atom. The number of benzene rings is 2. The second kappa shape index (κ2) is 10.2. The summed E-state index contributed by atoms with van der Waals surface area (Å²) in [4.78, 5) is 29.5. The van der Waals surface area contributed by atoms with Gasteiger partial charge in [-0.05, 0) is 44.4 Å². The van der Waals surface area contributed by atoms with E-state index in [1.165, 1.54) is 12.0 Å². The highest BCUT2D eigenvalue weighted by atomic mass is 16.5. The molecule has 3 rings (SSSR count). The minimum atomic E-state index is -0.761. The molecule has 0 aromatic heterocycles. The normalized spacial score (nSPS) is 17.6. The number of likely N-dealkylation sites (tertiary alicyclic amines) is 1. The molecule has 7 heteroatoms. The van der Waals surface area contributed by atoms with Crippen molar-refractivity contribution in [2.24, 2.45) is 0 Å². The maximum absolute atomic E-state index is 13.1. The number of para-hydroxylation sites is 1. The van der Waals surface area contributed by atoms with E-state index in [9.17, 15) is 14.7 Å². The third-order valence-electron chi connectivity index (χ3n) is 5.26. The van der Waals surface area contributed by atoms with Crippen LogP contribution in [0, 0.1) is 0 Å². The molecule has 1 saturated heterocycles. The molecule has 1 atom stereocenters. The van der Waals surface area contributed by atoms with Gasteiger partial charge in [-0.15, -0.1) is 0 Å². The molecule has 1 amide bonds. The molecular weight excluding hydrogens is 408 g/mol. The minimum Gasteiger partial charge on any atom is -0.507 e. The van der Waals surface area contributed by atoms with E-state index in [2.05, 4.69) is 6.58 Å². The summed E-state index contributed by atoms with van der Waals surface area (Å²) >= 11 is 0. The molecule has 1 fully saturated rings. The number of hydrogen-bond acceptors (Lipinski definition) is 6. The quantitative estimate of drug-likeness (QED) is 0.281. The van der Waals surface area contributed by atoms with E-state index in [0.717, 1.165) is 0 Å². The van der Waals surface area contributed by atoms with Crippen LogP contribution in [0.5, 0.6) is 11.5 Å². The lowest BCUT2D eigenvalue weighted by atomic mass is 9.94. The molecular formula is C25H28N2O5. The maximum Gasteiger partial charge on any atom is 0.295 e. The zero-order valence-corrected chi connectivity index (χ0v) is 18.6. The number of Topliss-reactive ketones (excluding diaryl/α,β-unsaturated/α-hetero) is 1.